The average Bonchev–Trinajstić information content (AvgIpc) is 2.63. The fraction of sp³-hybridized carbons (Fsp3) is 0.316. The van der Waals surface area contributed by atoms with Crippen molar-refractivity contribution in [2.45, 2.75) is 13.3 Å². The molecule has 0 fully saturated rings. The van der Waals surface area contributed by atoms with E-state index in [9.17, 15) is 4.79 Å². The zero-order valence-corrected chi connectivity index (χ0v) is 15.4. The number of ether oxygens (including phenoxy) is 3. The standard InChI is InChI=1S/C19H22ClNO4/c1-4-25-16-8-6-14(12-15(16)20)19(22)21-10-9-13-5-7-17(23-2)18(11-13)24-3/h5-8,11-12H,4,9-10H2,1-3H3,(H,21,22). The molecule has 0 aromatic heterocycles. The minimum atomic E-state index is -0.176. The van der Waals surface area contributed by atoms with Crippen molar-refractivity contribution in [2.75, 3.05) is 27.4 Å². The van der Waals surface area contributed by atoms with Gasteiger partial charge >= 0.3 is 0 Å². The van der Waals surface area contributed by atoms with Crippen LogP contribution in [0.2, 0.25) is 5.02 Å². The highest BCUT2D eigenvalue weighted by molar-refractivity contribution is 6.32. The van der Waals surface area contributed by atoms with E-state index in [1.165, 1.54) is 0 Å². The van der Waals surface area contributed by atoms with Crippen LogP contribution in [0.5, 0.6) is 17.2 Å². The molecule has 0 aliphatic carbocycles. The molecule has 134 valence electrons. The van der Waals surface area contributed by atoms with E-state index in [4.69, 9.17) is 25.8 Å². The molecule has 0 bridgehead atoms. The van der Waals surface area contributed by atoms with Gasteiger partial charge in [0.25, 0.3) is 5.91 Å². The molecule has 0 unspecified atom stereocenters. The molecule has 1 amide bonds. The first-order chi connectivity index (χ1) is 12.1. The Morgan fingerprint density at radius 2 is 1.76 bits per heavy atom. The van der Waals surface area contributed by atoms with E-state index in [1.807, 2.05) is 25.1 Å². The van der Waals surface area contributed by atoms with Crippen molar-refractivity contribution in [3.8, 4) is 17.2 Å². The summed E-state index contributed by atoms with van der Waals surface area (Å²) in [5, 5.41) is 3.31. The lowest BCUT2D eigenvalue weighted by Crippen LogP contribution is -2.25. The fourth-order valence-corrected chi connectivity index (χ4v) is 2.61. The highest BCUT2D eigenvalue weighted by Crippen LogP contribution is 2.28. The molecule has 0 aliphatic heterocycles. The van der Waals surface area contributed by atoms with Gasteiger partial charge in [0.05, 0.1) is 25.8 Å². The van der Waals surface area contributed by atoms with Crippen LogP contribution in [-0.4, -0.2) is 33.3 Å². The highest BCUT2D eigenvalue weighted by Gasteiger charge is 2.10. The second kappa shape index (κ2) is 9.18. The van der Waals surface area contributed by atoms with Crippen molar-refractivity contribution in [2.24, 2.45) is 0 Å². The summed E-state index contributed by atoms with van der Waals surface area (Å²) in [7, 11) is 3.19. The maximum absolute atomic E-state index is 12.2. The predicted octanol–water partition coefficient (Wildman–Crippen LogP) is 3.73. The van der Waals surface area contributed by atoms with Crippen LogP contribution in [0.25, 0.3) is 0 Å². The molecule has 1 N–H and O–H groups in total. The van der Waals surface area contributed by atoms with Crippen LogP contribution in [-0.2, 0) is 6.42 Å². The van der Waals surface area contributed by atoms with E-state index < -0.39 is 0 Å². The number of benzene rings is 2. The number of nitrogens with one attached hydrogen (secondary N) is 1. The Bertz CT molecular complexity index is 733. The van der Waals surface area contributed by atoms with Gasteiger partial charge in [0.2, 0.25) is 0 Å². The summed E-state index contributed by atoms with van der Waals surface area (Å²) in [5.74, 6) is 1.75. The maximum Gasteiger partial charge on any atom is 0.251 e. The Kier molecular flexibility index (Phi) is 6.95. The third-order valence-electron chi connectivity index (χ3n) is 3.64. The summed E-state index contributed by atoms with van der Waals surface area (Å²) >= 11 is 6.11. The normalized spacial score (nSPS) is 10.2. The number of carbonyl (C=O) groups excluding carboxylic acids is 1. The zero-order chi connectivity index (χ0) is 18.2. The number of carbonyl (C=O) groups is 1. The van der Waals surface area contributed by atoms with E-state index >= 15 is 0 Å². The molecule has 0 atom stereocenters. The van der Waals surface area contributed by atoms with Crippen molar-refractivity contribution in [1.29, 1.82) is 0 Å². The van der Waals surface area contributed by atoms with Crippen molar-refractivity contribution in [3.05, 3.63) is 52.5 Å². The number of rotatable bonds is 8. The molecule has 0 spiro atoms. The van der Waals surface area contributed by atoms with Gasteiger partial charge in [-0.2, -0.15) is 0 Å². The lowest BCUT2D eigenvalue weighted by atomic mass is 10.1. The van der Waals surface area contributed by atoms with Crippen LogP contribution in [0.15, 0.2) is 36.4 Å². The van der Waals surface area contributed by atoms with Crippen LogP contribution in [0.3, 0.4) is 0 Å². The summed E-state index contributed by atoms with van der Waals surface area (Å²) in [6.45, 7) is 2.90. The van der Waals surface area contributed by atoms with Gasteiger partial charge in [-0.25, -0.2) is 0 Å². The van der Waals surface area contributed by atoms with E-state index in [2.05, 4.69) is 5.32 Å². The Balaban J connectivity index is 1.93. The first kappa shape index (κ1) is 18.9. The Labute approximate surface area is 152 Å². The summed E-state index contributed by atoms with van der Waals surface area (Å²) < 4.78 is 15.9. The van der Waals surface area contributed by atoms with Gasteiger partial charge in [-0.1, -0.05) is 17.7 Å². The second-order valence-corrected chi connectivity index (χ2v) is 5.68. The number of hydrogen-bond donors (Lipinski definition) is 1. The molecule has 2 aromatic rings. The largest absolute Gasteiger partial charge is 0.493 e. The molecule has 2 aromatic carbocycles. The van der Waals surface area contributed by atoms with Crippen LogP contribution < -0.4 is 19.5 Å². The average molecular weight is 364 g/mol. The number of methoxy groups -OCH3 is 2. The maximum atomic E-state index is 12.2. The van der Waals surface area contributed by atoms with E-state index in [0.29, 0.717) is 47.4 Å². The van der Waals surface area contributed by atoms with Crippen LogP contribution in [0.4, 0.5) is 0 Å². The van der Waals surface area contributed by atoms with Gasteiger partial charge in [0.1, 0.15) is 5.75 Å². The quantitative estimate of drug-likeness (QED) is 0.776. The lowest BCUT2D eigenvalue weighted by molar-refractivity contribution is 0.0954. The van der Waals surface area contributed by atoms with E-state index in [0.717, 1.165) is 5.56 Å². The van der Waals surface area contributed by atoms with Gasteiger partial charge in [0, 0.05) is 12.1 Å². The third-order valence-corrected chi connectivity index (χ3v) is 3.94. The minimum Gasteiger partial charge on any atom is -0.493 e. The van der Waals surface area contributed by atoms with Crippen LogP contribution >= 0.6 is 11.6 Å². The minimum absolute atomic E-state index is 0.176. The summed E-state index contributed by atoms with van der Waals surface area (Å²) in [4.78, 5) is 12.2. The third kappa shape index (κ3) is 5.03. The van der Waals surface area contributed by atoms with Crippen molar-refractivity contribution >= 4 is 17.5 Å². The molecule has 2 rings (SSSR count). The molecule has 25 heavy (non-hydrogen) atoms. The summed E-state index contributed by atoms with van der Waals surface area (Å²) in [6, 6.07) is 10.7. The first-order valence-electron chi connectivity index (χ1n) is 8.00. The summed E-state index contributed by atoms with van der Waals surface area (Å²) in [6.07, 6.45) is 0.677. The second-order valence-electron chi connectivity index (χ2n) is 5.27. The molecule has 6 heteroatoms. The number of halogens is 1. The first-order valence-corrected chi connectivity index (χ1v) is 8.38. The SMILES string of the molecule is CCOc1ccc(C(=O)NCCc2ccc(OC)c(OC)c2)cc1Cl. The predicted molar refractivity (Wildman–Crippen MR) is 98.2 cm³/mol. The Morgan fingerprint density at radius 3 is 2.40 bits per heavy atom. The highest BCUT2D eigenvalue weighted by atomic mass is 35.5. The Hall–Kier alpha value is -2.40. The van der Waals surface area contributed by atoms with Crippen LogP contribution in [0.1, 0.15) is 22.8 Å². The molecule has 5 nitrogen and oxygen atoms in total. The monoisotopic (exact) mass is 363 g/mol. The molecular formula is C19H22ClNO4. The van der Waals surface area contributed by atoms with Crippen molar-refractivity contribution < 1.29 is 19.0 Å². The smallest absolute Gasteiger partial charge is 0.251 e. The molecule has 0 aliphatic rings. The number of hydrogen-bond acceptors (Lipinski definition) is 4. The lowest BCUT2D eigenvalue weighted by Gasteiger charge is -2.11. The van der Waals surface area contributed by atoms with Crippen molar-refractivity contribution in [3.63, 3.8) is 0 Å². The van der Waals surface area contributed by atoms with Gasteiger partial charge in [0.15, 0.2) is 11.5 Å². The molecule has 0 radical (unpaired) electrons. The van der Waals surface area contributed by atoms with Gasteiger partial charge < -0.3 is 19.5 Å². The van der Waals surface area contributed by atoms with Gasteiger partial charge in [-0.3, -0.25) is 4.79 Å². The van der Waals surface area contributed by atoms with Gasteiger partial charge in [-0.05, 0) is 49.2 Å². The van der Waals surface area contributed by atoms with E-state index in [1.54, 1.807) is 32.4 Å². The zero-order valence-electron chi connectivity index (χ0n) is 14.6. The molecule has 0 saturated heterocycles. The molecular weight excluding hydrogens is 342 g/mol. The summed E-state index contributed by atoms with van der Waals surface area (Å²) in [5.41, 5.74) is 1.54. The molecule has 0 heterocycles. The Morgan fingerprint density at radius 1 is 1.04 bits per heavy atom. The number of amides is 1. The van der Waals surface area contributed by atoms with Crippen molar-refractivity contribution in [1.82, 2.24) is 5.32 Å². The topological polar surface area (TPSA) is 56.8 Å². The van der Waals surface area contributed by atoms with Crippen LogP contribution in [0, 0.1) is 0 Å². The van der Waals surface area contributed by atoms with Gasteiger partial charge in [-0.15, -0.1) is 0 Å². The fourth-order valence-electron chi connectivity index (χ4n) is 2.37. The molecule has 0 saturated carbocycles. The van der Waals surface area contributed by atoms with E-state index in [-0.39, 0.29) is 5.91 Å².